The van der Waals surface area contributed by atoms with E-state index in [-0.39, 0.29) is 30.3 Å². The van der Waals surface area contributed by atoms with Crippen molar-refractivity contribution in [2.45, 2.75) is 19.8 Å². The Balaban J connectivity index is 1.89. The Labute approximate surface area is 162 Å². The molecule has 0 aliphatic carbocycles. The minimum absolute atomic E-state index is 0.0158. The van der Waals surface area contributed by atoms with Crippen molar-refractivity contribution in [1.29, 1.82) is 0 Å². The molecule has 0 atom stereocenters. The molecule has 0 bridgehead atoms. The molecule has 0 saturated heterocycles. The molecule has 0 saturated carbocycles. The molecular formula is C22H20O4S. The van der Waals surface area contributed by atoms with Crippen LogP contribution in [0.5, 0.6) is 5.75 Å². The van der Waals surface area contributed by atoms with Crippen molar-refractivity contribution < 1.29 is 19.4 Å². The second kappa shape index (κ2) is 8.64. The fourth-order valence-electron chi connectivity index (χ4n) is 2.79. The summed E-state index contributed by atoms with van der Waals surface area (Å²) in [6, 6.07) is 18.1. The Bertz CT molecular complexity index is 927. The summed E-state index contributed by atoms with van der Waals surface area (Å²) in [5, 5.41) is 9.37. The summed E-state index contributed by atoms with van der Waals surface area (Å²) in [4.78, 5) is 26.2. The molecule has 1 N–H and O–H groups in total. The fourth-order valence-corrected chi connectivity index (χ4v) is 3.91. The molecule has 0 fully saturated rings. The third-order valence-corrected chi connectivity index (χ3v) is 5.33. The summed E-state index contributed by atoms with van der Waals surface area (Å²) < 4.78 is 5.07. The number of Topliss-reactive ketones (excluding diaryl/α,β-unsaturated/α-hetero) is 1. The van der Waals surface area contributed by atoms with Crippen molar-refractivity contribution in [1.82, 2.24) is 0 Å². The van der Waals surface area contributed by atoms with E-state index in [0.29, 0.717) is 11.5 Å². The van der Waals surface area contributed by atoms with Crippen molar-refractivity contribution >= 4 is 23.1 Å². The zero-order valence-electron chi connectivity index (χ0n) is 15.0. The van der Waals surface area contributed by atoms with E-state index in [0.717, 1.165) is 21.6 Å². The van der Waals surface area contributed by atoms with E-state index in [1.165, 1.54) is 11.3 Å². The van der Waals surface area contributed by atoms with Crippen LogP contribution in [0.25, 0.3) is 10.4 Å². The molecule has 2 aromatic carbocycles. The fraction of sp³-hybridized carbons (Fsp3) is 0.182. The van der Waals surface area contributed by atoms with Crippen LogP contribution in [0.15, 0.2) is 60.7 Å². The highest BCUT2D eigenvalue weighted by atomic mass is 32.1. The number of phenolic OH excluding ortho intramolecular Hbond substituents is 1. The molecule has 4 nitrogen and oxygen atoms in total. The molecule has 0 unspecified atom stereocenters. The van der Waals surface area contributed by atoms with E-state index in [1.807, 2.05) is 30.3 Å². The number of carbonyl (C=O) groups excluding carboxylic acids is 2. The van der Waals surface area contributed by atoms with Crippen LogP contribution in [0, 0.1) is 0 Å². The normalized spacial score (nSPS) is 10.6. The van der Waals surface area contributed by atoms with Gasteiger partial charge in [-0.15, -0.1) is 11.3 Å². The maximum absolute atomic E-state index is 12.7. The first-order valence-corrected chi connectivity index (χ1v) is 9.53. The van der Waals surface area contributed by atoms with Gasteiger partial charge in [0.25, 0.3) is 0 Å². The number of esters is 1. The minimum Gasteiger partial charge on any atom is -0.508 e. The minimum atomic E-state index is -0.301. The Kier molecular flexibility index (Phi) is 6.04. The first-order chi connectivity index (χ1) is 13.1. The highest BCUT2D eigenvalue weighted by Gasteiger charge is 2.18. The molecule has 1 heterocycles. The zero-order chi connectivity index (χ0) is 19.2. The third-order valence-electron chi connectivity index (χ3n) is 4.06. The molecule has 0 amide bonds. The molecule has 0 spiro atoms. The molecule has 0 aliphatic heterocycles. The van der Waals surface area contributed by atoms with Crippen LogP contribution in [0.4, 0.5) is 0 Å². The largest absolute Gasteiger partial charge is 0.508 e. The van der Waals surface area contributed by atoms with Gasteiger partial charge >= 0.3 is 5.97 Å². The van der Waals surface area contributed by atoms with Gasteiger partial charge < -0.3 is 9.84 Å². The number of phenols is 1. The van der Waals surface area contributed by atoms with Gasteiger partial charge in [0.2, 0.25) is 0 Å². The van der Waals surface area contributed by atoms with Crippen molar-refractivity contribution in [3.63, 3.8) is 0 Å². The van der Waals surface area contributed by atoms with Gasteiger partial charge in [0, 0.05) is 11.3 Å². The summed E-state index contributed by atoms with van der Waals surface area (Å²) in [6.45, 7) is 2.10. The van der Waals surface area contributed by atoms with E-state index in [4.69, 9.17) is 4.74 Å². The van der Waals surface area contributed by atoms with Crippen LogP contribution >= 0.6 is 11.3 Å². The van der Waals surface area contributed by atoms with Crippen LogP contribution in [-0.4, -0.2) is 23.5 Å². The molecule has 27 heavy (non-hydrogen) atoms. The topological polar surface area (TPSA) is 63.6 Å². The Morgan fingerprint density at radius 1 is 1.00 bits per heavy atom. The average molecular weight is 380 g/mol. The van der Waals surface area contributed by atoms with Crippen LogP contribution in [-0.2, 0) is 22.4 Å². The van der Waals surface area contributed by atoms with Gasteiger partial charge in [0.1, 0.15) is 5.75 Å². The van der Waals surface area contributed by atoms with Crippen LogP contribution in [0.3, 0.4) is 0 Å². The average Bonchev–Trinajstić information content (AvgIpc) is 3.08. The second-order valence-corrected chi connectivity index (χ2v) is 7.13. The van der Waals surface area contributed by atoms with E-state index in [1.54, 1.807) is 37.3 Å². The van der Waals surface area contributed by atoms with Gasteiger partial charge in [0.15, 0.2) is 5.78 Å². The molecule has 0 radical (unpaired) electrons. The van der Waals surface area contributed by atoms with Gasteiger partial charge in [-0.25, -0.2) is 0 Å². The maximum atomic E-state index is 12.7. The zero-order valence-corrected chi connectivity index (χ0v) is 15.8. The van der Waals surface area contributed by atoms with E-state index >= 15 is 0 Å². The number of hydrogen-bond donors (Lipinski definition) is 1. The molecule has 138 valence electrons. The monoisotopic (exact) mass is 380 g/mol. The smallest absolute Gasteiger partial charge is 0.310 e. The van der Waals surface area contributed by atoms with Gasteiger partial charge in [-0.1, -0.05) is 42.5 Å². The summed E-state index contributed by atoms with van der Waals surface area (Å²) in [7, 11) is 0. The first-order valence-electron chi connectivity index (χ1n) is 8.71. The van der Waals surface area contributed by atoms with Gasteiger partial charge in [-0.05, 0) is 41.8 Å². The van der Waals surface area contributed by atoms with Gasteiger partial charge in [-0.3, -0.25) is 9.59 Å². The summed E-state index contributed by atoms with van der Waals surface area (Å²) >= 11 is 1.40. The van der Waals surface area contributed by atoms with Crippen LogP contribution in [0.2, 0.25) is 0 Å². The number of ether oxygens (including phenoxy) is 1. The van der Waals surface area contributed by atoms with Crippen LogP contribution < -0.4 is 0 Å². The van der Waals surface area contributed by atoms with E-state index in [9.17, 15) is 14.7 Å². The van der Waals surface area contributed by atoms with Gasteiger partial charge in [-0.2, -0.15) is 0 Å². The number of aromatic hydroxyl groups is 1. The van der Waals surface area contributed by atoms with E-state index in [2.05, 4.69) is 0 Å². The number of benzene rings is 2. The summed E-state index contributed by atoms with van der Waals surface area (Å²) in [5.74, 6) is -0.145. The second-order valence-electron chi connectivity index (χ2n) is 6.08. The molecule has 3 aromatic rings. The highest BCUT2D eigenvalue weighted by Crippen LogP contribution is 2.34. The number of hydrogen-bond acceptors (Lipinski definition) is 5. The lowest BCUT2D eigenvalue weighted by Crippen LogP contribution is -2.07. The lowest BCUT2D eigenvalue weighted by Gasteiger charge is -2.04. The first kappa shape index (κ1) is 18.9. The Morgan fingerprint density at radius 2 is 1.70 bits per heavy atom. The van der Waals surface area contributed by atoms with Crippen molar-refractivity contribution in [3.05, 3.63) is 76.7 Å². The highest BCUT2D eigenvalue weighted by molar-refractivity contribution is 7.17. The third kappa shape index (κ3) is 4.83. The predicted octanol–water partition coefficient (Wildman–Crippen LogP) is 4.65. The molecular weight excluding hydrogens is 360 g/mol. The molecule has 3 rings (SSSR count). The molecule has 1 aromatic heterocycles. The number of ketones is 1. The lowest BCUT2D eigenvalue weighted by molar-refractivity contribution is -0.142. The van der Waals surface area contributed by atoms with Crippen molar-refractivity contribution in [2.75, 3.05) is 6.61 Å². The lowest BCUT2D eigenvalue weighted by atomic mass is 10.0. The quantitative estimate of drug-likeness (QED) is 0.479. The van der Waals surface area contributed by atoms with Gasteiger partial charge in [0.05, 0.1) is 17.9 Å². The Morgan fingerprint density at radius 3 is 2.37 bits per heavy atom. The van der Waals surface area contributed by atoms with Crippen LogP contribution in [0.1, 0.15) is 27.7 Å². The Hall–Kier alpha value is -2.92. The molecule has 0 aliphatic rings. The summed E-state index contributed by atoms with van der Waals surface area (Å²) in [6.07, 6.45) is 0.384. The predicted molar refractivity (Wildman–Crippen MR) is 106 cm³/mol. The van der Waals surface area contributed by atoms with Crippen molar-refractivity contribution in [3.8, 4) is 16.2 Å². The SMILES string of the molecule is CCOC(=O)Cc1cc(C(=O)Cc2ccc(O)cc2)sc1-c1ccccc1. The maximum Gasteiger partial charge on any atom is 0.310 e. The number of carbonyl (C=O) groups is 2. The number of rotatable bonds is 7. The molecule has 5 heteroatoms. The van der Waals surface area contributed by atoms with Crippen molar-refractivity contribution in [2.24, 2.45) is 0 Å². The number of thiophene rings is 1. The standard InChI is InChI=1S/C22H20O4S/c1-2-26-21(25)14-17-13-20(27-22(17)16-6-4-3-5-7-16)19(24)12-15-8-10-18(23)11-9-15/h3-11,13,23H,2,12,14H2,1H3. The summed E-state index contributed by atoms with van der Waals surface area (Å²) in [5.41, 5.74) is 2.61. The van der Waals surface area contributed by atoms with E-state index < -0.39 is 0 Å².